The van der Waals surface area contributed by atoms with Gasteiger partial charge in [0.2, 0.25) is 28.3 Å². The van der Waals surface area contributed by atoms with Crippen LogP contribution in [0.25, 0.3) is 89.1 Å². The number of methoxy groups -OCH3 is 4. The van der Waals surface area contributed by atoms with Crippen molar-refractivity contribution in [3.05, 3.63) is 247 Å². The molecule has 148 heavy (non-hydrogen) atoms. The Bertz CT molecular complexity index is 8230. The number of fused-ring (bicyclic) bond motifs is 5. The van der Waals surface area contributed by atoms with E-state index in [0.29, 0.717) is 101 Å². The number of carboxylic acid groups (broad SMARTS) is 6. The molecule has 0 amide bonds. The molecule has 16 rings (SSSR count). The second-order valence-electron chi connectivity index (χ2n) is 32.7. The van der Waals surface area contributed by atoms with Gasteiger partial charge in [0.25, 0.3) is 16.7 Å². The lowest BCUT2D eigenvalue weighted by atomic mass is 9.96. The zero-order valence-electron chi connectivity index (χ0n) is 81.8. The van der Waals surface area contributed by atoms with Crippen molar-refractivity contribution in [2.24, 2.45) is 21.1 Å². The molecule has 9 heterocycles. The third-order valence-corrected chi connectivity index (χ3v) is 24.1. The van der Waals surface area contributed by atoms with Crippen molar-refractivity contribution in [1.29, 1.82) is 5.26 Å². The average molecular weight is 2070 g/mol. The minimum Gasteiger partial charge on any atom is -0.550 e. The number of ether oxygens (including phenoxy) is 8. The number of pyridine rings is 1. The highest BCUT2D eigenvalue weighted by Crippen LogP contribution is 2.41. The summed E-state index contributed by atoms with van der Waals surface area (Å²) in [6.45, 7) is 12.4. The van der Waals surface area contributed by atoms with Crippen LogP contribution >= 0.6 is 23.5 Å². The number of carboxylic acids is 6. The van der Waals surface area contributed by atoms with E-state index >= 15 is 0 Å². The van der Waals surface area contributed by atoms with Crippen LogP contribution in [-0.4, -0.2) is 166 Å². The summed E-state index contributed by atoms with van der Waals surface area (Å²) >= 11 is 1.60. The van der Waals surface area contributed by atoms with Crippen molar-refractivity contribution in [1.82, 2.24) is 63.8 Å². The van der Waals surface area contributed by atoms with Gasteiger partial charge < -0.3 is 126 Å². The summed E-state index contributed by atoms with van der Waals surface area (Å²) in [6, 6.07) is 30.9. The predicted octanol–water partition coefficient (Wildman–Crippen LogP) is 1.90. The van der Waals surface area contributed by atoms with E-state index in [1.165, 1.54) is 69.7 Å². The van der Waals surface area contributed by atoms with E-state index in [9.17, 15) is 103 Å². The largest absolute Gasteiger partial charge is 0.550 e. The summed E-state index contributed by atoms with van der Waals surface area (Å²) in [5.41, 5.74) is 3.78. The molecular formula is C99H92N15O32S2-7. The Hall–Kier alpha value is -18.0. The van der Waals surface area contributed by atoms with Crippen molar-refractivity contribution < 1.29 is 115 Å². The molecule has 1 aliphatic rings. The highest BCUT2D eigenvalue weighted by Gasteiger charge is 2.28. The van der Waals surface area contributed by atoms with Crippen LogP contribution in [0.15, 0.2) is 165 Å². The second kappa shape index (κ2) is 49.3. The number of benzene rings is 6. The first-order valence-electron chi connectivity index (χ1n) is 44.5. The molecule has 0 saturated heterocycles. The minimum absolute atomic E-state index is 0.00565. The predicted molar refractivity (Wildman–Crippen MR) is 521 cm³/mol. The Balaban J connectivity index is 0.000000169. The van der Waals surface area contributed by atoms with Gasteiger partial charge in [0.05, 0.1) is 98.2 Å². The number of aliphatic carboxylic acids is 6. The number of aromatic amines is 2. The SMILES string of the molecule is CCOC(=O)c1cc(C#N)c(SCC(=O)[O-])[nH]c1=O.COc1ccc(-c2oc3c(C)cc(C)cc3c(=O)c2OCC(=O)[O-])cc1OC.COc1ccc(-c2oc3cc(C)cc(C)c3c(=O)c2OCC(=O)[O-])cc1OC.Cc1cc(OCc2nnn[n-]2)c2c(C)c(CC(=O)[O-])c(=O)oc2c1.Cc1ccc(-c2nc(SCC(=O)[O-])c3c(=O)n(C)c(=O)n(C)c3n2)cc1.Cn1c(=O)[nH]c(=O)c2c1nc(NC1CCCCC1)n2CC(=O)[O-]. The number of hydrogen-bond acceptors (Lipinski definition) is 42. The number of carbonyl (C=O) groups excluding carboxylic acids is 7. The van der Waals surface area contributed by atoms with Gasteiger partial charge >= 0.3 is 23.0 Å². The quantitative estimate of drug-likeness (QED) is 0.0250. The average Bonchev–Trinajstić information content (AvgIpc) is 1.47. The number of hydrogen-bond donors (Lipinski definition) is 3. The van der Waals surface area contributed by atoms with Crippen molar-refractivity contribution >= 4 is 126 Å². The van der Waals surface area contributed by atoms with Gasteiger partial charge in [0.15, 0.2) is 57.2 Å². The van der Waals surface area contributed by atoms with Gasteiger partial charge in [0, 0.05) is 79.2 Å². The molecule has 0 radical (unpaired) electrons. The molecule has 1 fully saturated rings. The third kappa shape index (κ3) is 26.5. The molecule has 0 aliphatic heterocycles. The van der Waals surface area contributed by atoms with E-state index in [2.05, 4.69) is 55.6 Å². The van der Waals surface area contributed by atoms with Crippen LogP contribution in [0.3, 0.4) is 0 Å². The number of imidazole rings is 1. The maximum absolute atomic E-state index is 13.1. The lowest BCUT2D eigenvalue weighted by Crippen LogP contribution is -2.37. The van der Waals surface area contributed by atoms with E-state index in [1.807, 2.05) is 71.0 Å². The lowest BCUT2D eigenvalue weighted by Gasteiger charge is -2.23. The molecule has 9 aromatic heterocycles. The van der Waals surface area contributed by atoms with Crippen molar-refractivity contribution in [3.8, 4) is 80.4 Å². The monoisotopic (exact) mass is 2070 g/mol. The summed E-state index contributed by atoms with van der Waals surface area (Å²) in [5.74, 6) is -6.84. The number of tetrazole rings is 1. The van der Waals surface area contributed by atoms with E-state index < -0.39 is 118 Å². The summed E-state index contributed by atoms with van der Waals surface area (Å²) in [4.78, 5) is 192. The molecule has 15 aromatic rings. The maximum Gasteiger partial charge on any atom is 0.343 e. The fraction of sp³-hybridized carbons (Fsp3) is 0.293. The topological polar surface area (TPSA) is 686 Å². The normalized spacial score (nSPS) is 11.5. The molecular weight excluding hydrogens is 1980 g/mol. The van der Waals surface area contributed by atoms with Crippen molar-refractivity contribution in [2.45, 2.75) is 123 Å². The number of nitrogens with one attached hydrogen (secondary N) is 3. The van der Waals surface area contributed by atoms with Gasteiger partial charge in [-0.2, -0.15) is 15.5 Å². The summed E-state index contributed by atoms with van der Waals surface area (Å²) in [7, 11) is 10.3. The van der Waals surface area contributed by atoms with Gasteiger partial charge in [-0.3, -0.25) is 57.5 Å². The zero-order valence-corrected chi connectivity index (χ0v) is 83.5. The van der Waals surface area contributed by atoms with Gasteiger partial charge in [0.1, 0.15) is 64.4 Å². The number of H-pyrrole nitrogens is 2. The Morgan fingerprint density at radius 3 is 1.70 bits per heavy atom. The Morgan fingerprint density at radius 1 is 0.554 bits per heavy atom. The molecule has 0 unspecified atom stereocenters. The smallest absolute Gasteiger partial charge is 0.343 e. The fourth-order valence-electron chi connectivity index (χ4n) is 15.4. The standard InChI is InChI=1S/2C21H20O7.C17H16N4O4S.C15H14N4O5.C14H19N5O4.C11H10N2O5S/c1-11-7-12(2)19-14(8-11)18(24)21(27-10-17(22)23)20(28-19)13-5-6-15(25-3)16(9-13)26-4;1-11-7-12(2)18-16(8-11)28-20(21(19(18)24)27-10-17(22)23)13-5-6-14(25-3)15(9-13)26-4;1-9-4-6-10(7-5-9)13-18-14-12(15(19-13)26-8-11(22)23)16(24)21(3)17(25)20(14)2;1-7-3-10(23-6-12-16-18-19-17-12)14-8(2)9(5-13(20)21)15(22)24-11(14)4-7;1-18-11-10(12(22)17-14(18)23)19(7-9(20)21)13(16-11)15-8-5-3-2-4-6-8;1-2-18-11(17)7-3-6(4-12)10(13-9(7)16)19-5-8(14)15/h2*5-9H,10H2,1-4H3,(H,22,23);4-7H,8H2,1-3H3,(H,22,23);3-4H,5-6H2,1-2H3,(H2,16,17,18,19,20,21);8H,2-7H2,1H3,(H,15,16)(H,20,21)(H,17,22,23);3H,2,5H2,1H3,(H,13,16)(H,14,15)/p-7. The number of esters is 1. The Kier molecular flexibility index (Phi) is 36.8. The number of nitrogens with zero attached hydrogens (tertiary/aromatic N) is 12. The van der Waals surface area contributed by atoms with Crippen LogP contribution in [-0.2, 0) is 74.2 Å². The van der Waals surface area contributed by atoms with E-state index in [0.717, 1.165) is 87.7 Å². The highest BCUT2D eigenvalue weighted by atomic mass is 32.2. The maximum atomic E-state index is 13.1. The van der Waals surface area contributed by atoms with E-state index in [-0.39, 0.29) is 103 Å². The number of carbonyl (C=O) groups is 7. The Labute approximate surface area is 843 Å². The molecule has 774 valence electrons. The van der Waals surface area contributed by atoms with Crippen LogP contribution < -0.4 is 119 Å². The van der Waals surface area contributed by atoms with Gasteiger partial charge in [-0.05, 0) is 168 Å². The van der Waals surface area contributed by atoms with Crippen LogP contribution in [0.2, 0.25) is 0 Å². The molecule has 0 spiro atoms. The minimum atomic E-state index is -1.45. The van der Waals surface area contributed by atoms with Crippen LogP contribution in [0.1, 0.15) is 105 Å². The van der Waals surface area contributed by atoms with Crippen molar-refractivity contribution in [2.75, 3.05) is 65.1 Å². The van der Waals surface area contributed by atoms with Crippen molar-refractivity contribution in [3.63, 3.8) is 0 Å². The number of nitriles is 1. The molecule has 47 nitrogen and oxygen atoms in total. The number of rotatable bonds is 30. The molecule has 0 atom stereocenters. The van der Waals surface area contributed by atoms with Crippen LogP contribution in [0.4, 0.5) is 5.95 Å². The van der Waals surface area contributed by atoms with E-state index in [1.54, 1.807) is 87.5 Å². The number of anilines is 1. The molecule has 0 bridgehead atoms. The third-order valence-electron chi connectivity index (χ3n) is 22.2. The summed E-state index contributed by atoms with van der Waals surface area (Å²) in [5, 5.41) is 92.6. The first kappa shape index (κ1) is 110. The van der Waals surface area contributed by atoms with Gasteiger partial charge in [-0.15, -0.1) is 11.8 Å². The van der Waals surface area contributed by atoms with Gasteiger partial charge in [-0.1, -0.05) is 73.0 Å². The van der Waals surface area contributed by atoms with Crippen LogP contribution in [0, 0.1) is 59.8 Å². The number of aromatic nitrogens is 13. The number of aryl methyl sites for hydroxylation is 9. The molecule has 6 aromatic carbocycles. The van der Waals surface area contributed by atoms with E-state index in [4.69, 9.17) is 51.7 Å². The zero-order chi connectivity index (χ0) is 108. The fourth-order valence-corrected chi connectivity index (χ4v) is 16.8. The van der Waals surface area contributed by atoms with Gasteiger partial charge in [-0.25, -0.2) is 29.1 Å². The molecule has 3 N–H and O–H groups in total. The lowest BCUT2D eigenvalue weighted by molar-refractivity contribution is -0.308. The first-order valence-corrected chi connectivity index (χ1v) is 46.4. The van der Waals surface area contributed by atoms with Crippen LogP contribution in [0.5, 0.6) is 40.2 Å². The summed E-state index contributed by atoms with van der Waals surface area (Å²) < 4.78 is 63.9. The molecule has 1 aliphatic carbocycles. The molecule has 49 heteroatoms. The first-order chi connectivity index (χ1) is 70.4. The second-order valence-corrected chi connectivity index (χ2v) is 34.7. The highest BCUT2D eigenvalue weighted by molar-refractivity contribution is 8.00. The summed E-state index contributed by atoms with van der Waals surface area (Å²) in [6.07, 6.45) is 4.77. The molecule has 1 saturated carbocycles. The Morgan fingerprint density at radius 2 is 1.13 bits per heavy atom. The number of thioether (sulfide) groups is 2.